The minimum absolute atomic E-state index is 0.0882. The molecule has 0 radical (unpaired) electrons. The van der Waals surface area contributed by atoms with Gasteiger partial charge in [0.15, 0.2) is 5.58 Å². The molecule has 0 atom stereocenters. The minimum Gasteiger partial charge on any atom is -0.408 e. The number of aromatic nitrogens is 1. The molecule has 1 aliphatic rings. The number of oxazole rings is 1. The van der Waals surface area contributed by atoms with E-state index in [4.69, 9.17) is 4.42 Å². The molecule has 1 amide bonds. The van der Waals surface area contributed by atoms with Crippen molar-refractivity contribution in [2.24, 2.45) is 5.92 Å². The van der Waals surface area contributed by atoms with E-state index in [9.17, 15) is 14.4 Å². The van der Waals surface area contributed by atoms with Crippen LogP contribution in [0.25, 0.3) is 11.1 Å². The third kappa shape index (κ3) is 2.49. The smallest absolute Gasteiger partial charge is 0.408 e. The van der Waals surface area contributed by atoms with Gasteiger partial charge in [0, 0.05) is 30.5 Å². The summed E-state index contributed by atoms with van der Waals surface area (Å²) in [6.45, 7) is 0. The largest absolute Gasteiger partial charge is 0.417 e. The van der Waals surface area contributed by atoms with E-state index in [2.05, 4.69) is 10.3 Å². The predicted octanol–water partition coefficient (Wildman–Crippen LogP) is 1.82. The van der Waals surface area contributed by atoms with Gasteiger partial charge in [-0.2, -0.15) is 0 Å². The lowest BCUT2D eigenvalue weighted by atomic mass is 9.88. The highest BCUT2D eigenvalue weighted by Crippen LogP contribution is 2.24. The molecule has 2 aromatic rings. The van der Waals surface area contributed by atoms with Crippen LogP contribution in [-0.4, -0.2) is 16.7 Å². The van der Waals surface area contributed by atoms with Crippen LogP contribution in [0.2, 0.25) is 0 Å². The van der Waals surface area contributed by atoms with Crippen LogP contribution in [0.3, 0.4) is 0 Å². The van der Waals surface area contributed by atoms with Gasteiger partial charge in [0.25, 0.3) is 0 Å². The average Bonchev–Trinajstić information content (AvgIpc) is 2.78. The van der Waals surface area contributed by atoms with E-state index in [1.54, 1.807) is 18.2 Å². The molecule has 0 spiro atoms. The molecule has 0 aliphatic heterocycles. The maximum Gasteiger partial charge on any atom is 0.417 e. The second kappa shape index (κ2) is 4.96. The summed E-state index contributed by atoms with van der Waals surface area (Å²) in [6, 6.07) is 5.00. The average molecular weight is 274 g/mol. The Morgan fingerprint density at radius 1 is 1.25 bits per heavy atom. The SMILES string of the molecule is O=C1CCC(C(=O)Nc2ccc3[nH]c(=O)oc3c2)CC1. The van der Waals surface area contributed by atoms with E-state index in [0.29, 0.717) is 42.5 Å². The van der Waals surface area contributed by atoms with Crippen LogP contribution in [0.1, 0.15) is 25.7 Å². The number of ketones is 1. The van der Waals surface area contributed by atoms with Gasteiger partial charge in [0.1, 0.15) is 5.78 Å². The topological polar surface area (TPSA) is 92.2 Å². The number of Topliss-reactive ketones (excluding diaryl/α,β-unsaturated/α-hetero) is 1. The van der Waals surface area contributed by atoms with Gasteiger partial charge in [-0.15, -0.1) is 0 Å². The normalized spacial score (nSPS) is 16.5. The molecule has 20 heavy (non-hydrogen) atoms. The van der Waals surface area contributed by atoms with Crippen molar-refractivity contribution in [3.63, 3.8) is 0 Å². The van der Waals surface area contributed by atoms with E-state index in [0.717, 1.165) is 0 Å². The van der Waals surface area contributed by atoms with Gasteiger partial charge >= 0.3 is 5.76 Å². The molecule has 3 rings (SSSR count). The Balaban J connectivity index is 1.73. The number of hydrogen-bond donors (Lipinski definition) is 2. The standard InChI is InChI=1S/C14H14N2O4/c17-10-4-1-8(2-5-10)13(18)15-9-3-6-11-12(7-9)20-14(19)16-11/h3,6-8H,1-2,4-5H2,(H,15,18)(H,16,19). The van der Waals surface area contributed by atoms with Gasteiger partial charge in [-0.05, 0) is 25.0 Å². The van der Waals surface area contributed by atoms with E-state index >= 15 is 0 Å². The summed E-state index contributed by atoms with van der Waals surface area (Å²) in [5.41, 5.74) is 1.59. The summed E-state index contributed by atoms with van der Waals surface area (Å²) >= 11 is 0. The van der Waals surface area contributed by atoms with Crippen molar-refractivity contribution >= 4 is 28.5 Å². The first-order chi connectivity index (χ1) is 9.61. The van der Waals surface area contributed by atoms with Crippen molar-refractivity contribution in [2.45, 2.75) is 25.7 Å². The molecule has 6 nitrogen and oxygen atoms in total. The van der Waals surface area contributed by atoms with Crippen molar-refractivity contribution in [1.82, 2.24) is 4.98 Å². The van der Waals surface area contributed by atoms with Crippen LogP contribution < -0.4 is 11.1 Å². The summed E-state index contributed by atoms with van der Waals surface area (Å²) < 4.78 is 4.94. The van der Waals surface area contributed by atoms with Crippen LogP contribution >= 0.6 is 0 Å². The molecule has 6 heteroatoms. The van der Waals surface area contributed by atoms with Crippen LogP contribution in [0.15, 0.2) is 27.4 Å². The summed E-state index contributed by atoms with van der Waals surface area (Å²) in [4.78, 5) is 36.8. The molecule has 0 bridgehead atoms. The fourth-order valence-corrected chi connectivity index (χ4v) is 2.47. The van der Waals surface area contributed by atoms with Crippen molar-refractivity contribution in [3.05, 3.63) is 28.7 Å². The number of fused-ring (bicyclic) bond motifs is 1. The van der Waals surface area contributed by atoms with E-state index in [1.165, 1.54) is 0 Å². The maximum absolute atomic E-state index is 12.1. The quantitative estimate of drug-likeness (QED) is 0.873. The van der Waals surface area contributed by atoms with Crippen molar-refractivity contribution < 1.29 is 14.0 Å². The van der Waals surface area contributed by atoms with Crippen molar-refractivity contribution in [3.8, 4) is 0 Å². The summed E-state index contributed by atoms with van der Waals surface area (Å²) in [5, 5.41) is 2.80. The Morgan fingerprint density at radius 3 is 2.75 bits per heavy atom. The van der Waals surface area contributed by atoms with Crippen LogP contribution in [0.5, 0.6) is 0 Å². The number of nitrogens with one attached hydrogen (secondary N) is 2. The Morgan fingerprint density at radius 2 is 2.00 bits per heavy atom. The third-order valence-electron chi connectivity index (χ3n) is 3.60. The zero-order valence-electron chi connectivity index (χ0n) is 10.8. The van der Waals surface area contributed by atoms with Gasteiger partial charge in [0.05, 0.1) is 5.52 Å². The molecule has 104 valence electrons. The fourth-order valence-electron chi connectivity index (χ4n) is 2.47. The number of H-pyrrole nitrogens is 1. The highest BCUT2D eigenvalue weighted by atomic mass is 16.4. The van der Waals surface area contributed by atoms with Crippen LogP contribution in [0.4, 0.5) is 5.69 Å². The first-order valence-electron chi connectivity index (χ1n) is 6.57. The predicted molar refractivity (Wildman–Crippen MR) is 72.4 cm³/mol. The Bertz CT molecular complexity index is 718. The molecule has 1 heterocycles. The zero-order valence-corrected chi connectivity index (χ0v) is 10.8. The molecule has 0 saturated heterocycles. The fraction of sp³-hybridized carbons (Fsp3) is 0.357. The van der Waals surface area contributed by atoms with Crippen LogP contribution in [0, 0.1) is 5.92 Å². The Labute approximate surface area is 114 Å². The number of rotatable bonds is 2. The maximum atomic E-state index is 12.1. The highest BCUT2D eigenvalue weighted by molar-refractivity contribution is 5.95. The van der Waals surface area contributed by atoms with Gasteiger partial charge in [-0.25, -0.2) is 4.79 Å². The van der Waals surface area contributed by atoms with E-state index in [-0.39, 0.29) is 17.6 Å². The van der Waals surface area contributed by atoms with E-state index < -0.39 is 5.76 Å². The van der Waals surface area contributed by atoms with Gasteiger partial charge in [-0.1, -0.05) is 0 Å². The monoisotopic (exact) mass is 274 g/mol. The molecule has 2 N–H and O–H groups in total. The second-order valence-electron chi connectivity index (χ2n) is 5.03. The molecule has 1 aliphatic carbocycles. The van der Waals surface area contributed by atoms with E-state index in [1.807, 2.05) is 0 Å². The number of hydrogen-bond acceptors (Lipinski definition) is 4. The zero-order chi connectivity index (χ0) is 14.1. The number of carbonyl (C=O) groups is 2. The molecule has 1 fully saturated rings. The number of carbonyl (C=O) groups excluding carboxylic acids is 2. The number of benzene rings is 1. The molecular weight excluding hydrogens is 260 g/mol. The molecule has 1 aromatic carbocycles. The Kier molecular flexibility index (Phi) is 3.14. The summed E-state index contributed by atoms with van der Waals surface area (Å²) in [6.07, 6.45) is 2.16. The van der Waals surface area contributed by atoms with Crippen LogP contribution in [-0.2, 0) is 9.59 Å². The lowest BCUT2D eigenvalue weighted by Crippen LogP contribution is -2.27. The van der Waals surface area contributed by atoms with Crippen molar-refractivity contribution in [2.75, 3.05) is 5.32 Å². The molecule has 1 saturated carbocycles. The first kappa shape index (κ1) is 12.7. The Hall–Kier alpha value is -2.37. The van der Waals surface area contributed by atoms with Gasteiger partial charge in [0.2, 0.25) is 5.91 Å². The third-order valence-corrected chi connectivity index (χ3v) is 3.60. The lowest BCUT2D eigenvalue weighted by Gasteiger charge is -2.20. The number of aromatic amines is 1. The van der Waals surface area contributed by atoms with Gasteiger partial charge in [-0.3, -0.25) is 14.6 Å². The molecule has 0 unspecified atom stereocenters. The lowest BCUT2D eigenvalue weighted by molar-refractivity contribution is -0.125. The first-order valence-corrected chi connectivity index (χ1v) is 6.57. The van der Waals surface area contributed by atoms with Crippen molar-refractivity contribution in [1.29, 1.82) is 0 Å². The summed E-state index contributed by atoms with van der Waals surface area (Å²) in [7, 11) is 0. The number of anilines is 1. The minimum atomic E-state index is -0.519. The second-order valence-corrected chi connectivity index (χ2v) is 5.03. The highest BCUT2D eigenvalue weighted by Gasteiger charge is 2.24. The van der Waals surface area contributed by atoms with Gasteiger partial charge < -0.3 is 9.73 Å². The summed E-state index contributed by atoms with van der Waals surface area (Å²) in [5.74, 6) is -0.504. The molecular formula is C14H14N2O4. The number of amides is 1. The molecule has 1 aromatic heterocycles.